The summed E-state index contributed by atoms with van der Waals surface area (Å²) in [5, 5.41) is 13.8. The summed E-state index contributed by atoms with van der Waals surface area (Å²) in [6, 6.07) is 0. The Morgan fingerprint density at radius 1 is 1.50 bits per heavy atom. The number of hydrogen-bond donors (Lipinski definition) is 4. The lowest BCUT2D eigenvalue weighted by Gasteiger charge is -1.96. The van der Waals surface area contributed by atoms with Crippen molar-refractivity contribution in [1.82, 2.24) is 0 Å². The van der Waals surface area contributed by atoms with E-state index in [1.54, 1.807) is 0 Å². The van der Waals surface area contributed by atoms with Crippen LogP contribution in [0.1, 0.15) is 0 Å². The molecule has 0 unspecified atom stereocenters. The van der Waals surface area contributed by atoms with Crippen LogP contribution in [-0.4, -0.2) is 25.0 Å². The molecule has 0 aromatic rings. The molecule has 66 valence electrons. The summed E-state index contributed by atoms with van der Waals surface area (Å²) < 4.78 is 4.71. The highest BCUT2D eigenvalue weighted by atomic mass is 16.5. The molecule has 0 rings (SSSR count). The minimum absolute atomic E-state index is 0.306. The quantitative estimate of drug-likeness (QED) is 0.251. The second-order valence-corrected chi connectivity index (χ2v) is 1.79. The highest BCUT2D eigenvalue weighted by Gasteiger charge is 1.95. The van der Waals surface area contributed by atoms with Crippen molar-refractivity contribution >= 4 is 17.9 Å². The molecule has 0 aromatic heterocycles. The van der Waals surface area contributed by atoms with E-state index in [1.807, 2.05) is 0 Å². The highest BCUT2D eigenvalue weighted by molar-refractivity contribution is 6.38. The van der Waals surface area contributed by atoms with Gasteiger partial charge < -0.3 is 16.2 Å². The molecule has 0 saturated heterocycles. The fourth-order valence-electron chi connectivity index (χ4n) is 0.361. The Hall–Kier alpha value is -1.85. The Kier molecular flexibility index (Phi) is 4.13. The Balaban J connectivity index is 4.24. The van der Waals surface area contributed by atoms with Gasteiger partial charge in [-0.3, -0.25) is 10.8 Å². The molecule has 0 bridgehead atoms. The van der Waals surface area contributed by atoms with Gasteiger partial charge in [-0.05, 0) is 0 Å². The van der Waals surface area contributed by atoms with Gasteiger partial charge in [0.25, 0.3) is 0 Å². The molecule has 0 fully saturated rings. The molecule has 0 atom stereocenters. The van der Waals surface area contributed by atoms with Gasteiger partial charge in [-0.15, -0.1) is 0 Å². The Labute approximate surface area is 69.9 Å². The SMILES string of the molecule is COC(C=NC(=N)C(=N)N)=CN. The van der Waals surface area contributed by atoms with Crippen molar-refractivity contribution in [2.24, 2.45) is 16.5 Å². The summed E-state index contributed by atoms with van der Waals surface area (Å²) in [5.41, 5.74) is 10.1. The summed E-state index contributed by atoms with van der Waals surface area (Å²) in [5.74, 6) is -0.425. The van der Waals surface area contributed by atoms with E-state index in [0.717, 1.165) is 0 Å². The molecular formula is C6H11N5O. The maximum absolute atomic E-state index is 7.02. The molecule has 0 radical (unpaired) electrons. The predicted octanol–water partition coefficient (Wildman–Crippen LogP) is -0.583. The summed E-state index contributed by atoms with van der Waals surface area (Å²) in [7, 11) is 1.42. The molecule has 0 heterocycles. The van der Waals surface area contributed by atoms with Crippen molar-refractivity contribution in [2.45, 2.75) is 0 Å². The van der Waals surface area contributed by atoms with Crippen LogP contribution < -0.4 is 11.5 Å². The Bertz CT molecular complexity index is 238. The zero-order valence-electron chi connectivity index (χ0n) is 6.66. The van der Waals surface area contributed by atoms with E-state index in [2.05, 4.69) is 4.99 Å². The third kappa shape index (κ3) is 3.35. The first-order chi connectivity index (χ1) is 5.61. The normalized spacial score (nSPS) is 11.6. The second-order valence-electron chi connectivity index (χ2n) is 1.79. The van der Waals surface area contributed by atoms with Gasteiger partial charge in [0, 0.05) is 6.20 Å². The maximum Gasteiger partial charge on any atom is 0.187 e. The van der Waals surface area contributed by atoms with Crippen LogP contribution in [0.4, 0.5) is 0 Å². The molecule has 12 heavy (non-hydrogen) atoms. The number of nitrogens with zero attached hydrogens (tertiary/aromatic N) is 1. The average molecular weight is 169 g/mol. The first-order valence-electron chi connectivity index (χ1n) is 3.04. The van der Waals surface area contributed by atoms with Crippen LogP contribution >= 0.6 is 0 Å². The van der Waals surface area contributed by atoms with Crippen LogP contribution in [0.25, 0.3) is 0 Å². The number of ether oxygens (including phenoxy) is 1. The number of aliphatic imine (C=N–C) groups is 1. The van der Waals surface area contributed by atoms with Crippen molar-refractivity contribution in [3.05, 3.63) is 12.0 Å². The molecule has 0 spiro atoms. The molecule has 6 nitrogen and oxygen atoms in total. The van der Waals surface area contributed by atoms with Gasteiger partial charge in [0.15, 0.2) is 17.4 Å². The summed E-state index contributed by atoms with van der Waals surface area (Å²) in [4.78, 5) is 3.50. The Morgan fingerprint density at radius 3 is 2.42 bits per heavy atom. The van der Waals surface area contributed by atoms with E-state index in [1.165, 1.54) is 19.5 Å². The molecule has 0 aliphatic heterocycles. The van der Waals surface area contributed by atoms with Gasteiger partial charge in [-0.1, -0.05) is 0 Å². The van der Waals surface area contributed by atoms with E-state index < -0.39 is 5.84 Å². The Morgan fingerprint density at radius 2 is 2.08 bits per heavy atom. The standard InChI is InChI=1S/C6H11N5O/c1-12-4(2-7)3-11-6(10)5(8)9/h2-3,10H,7H2,1H3,(H3,8,9). The fourth-order valence-corrected chi connectivity index (χ4v) is 0.361. The van der Waals surface area contributed by atoms with Crippen molar-refractivity contribution < 1.29 is 4.74 Å². The molecule has 6 heteroatoms. The minimum Gasteiger partial charge on any atom is -0.494 e. The van der Waals surface area contributed by atoms with Crippen LogP contribution in [0.3, 0.4) is 0 Å². The van der Waals surface area contributed by atoms with Gasteiger partial charge in [0.05, 0.1) is 13.3 Å². The number of hydrogen-bond acceptors (Lipinski definition) is 4. The number of rotatable bonds is 2. The number of nitrogens with two attached hydrogens (primary N) is 2. The average Bonchev–Trinajstić information content (AvgIpc) is 2.05. The molecule has 6 N–H and O–H groups in total. The zero-order valence-corrected chi connectivity index (χ0v) is 6.66. The van der Waals surface area contributed by atoms with Crippen LogP contribution in [0, 0.1) is 10.8 Å². The number of amidine groups is 2. The molecule has 0 aromatic carbocycles. The third-order valence-electron chi connectivity index (χ3n) is 0.976. The van der Waals surface area contributed by atoms with Crippen LogP contribution in [0.2, 0.25) is 0 Å². The third-order valence-corrected chi connectivity index (χ3v) is 0.976. The number of methoxy groups -OCH3 is 1. The second kappa shape index (κ2) is 4.89. The summed E-state index contributed by atoms with van der Waals surface area (Å²) in [6.07, 6.45) is 2.40. The maximum atomic E-state index is 7.02. The van der Waals surface area contributed by atoms with Gasteiger partial charge in [0.2, 0.25) is 0 Å². The van der Waals surface area contributed by atoms with Gasteiger partial charge in [-0.25, -0.2) is 4.99 Å². The zero-order chi connectivity index (χ0) is 9.56. The van der Waals surface area contributed by atoms with Crippen LogP contribution in [0.5, 0.6) is 0 Å². The molecule has 0 saturated carbocycles. The highest BCUT2D eigenvalue weighted by Crippen LogP contribution is 1.87. The summed E-state index contributed by atoms with van der Waals surface area (Å²) in [6.45, 7) is 0. The van der Waals surface area contributed by atoms with Crippen molar-refractivity contribution in [3.8, 4) is 0 Å². The smallest absolute Gasteiger partial charge is 0.187 e. The monoisotopic (exact) mass is 169 g/mol. The largest absolute Gasteiger partial charge is 0.494 e. The summed E-state index contributed by atoms with van der Waals surface area (Å²) >= 11 is 0. The van der Waals surface area contributed by atoms with Crippen LogP contribution in [0.15, 0.2) is 17.0 Å². The number of nitrogens with one attached hydrogen (secondary N) is 2. The molecule has 0 aliphatic carbocycles. The van der Waals surface area contributed by atoms with Crippen LogP contribution in [-0.2, 0) is 4.74 Å². The first-order valence-corrected chi connectivity index (χ1v) is 3.04. The van der Waals surface area contributed by atoms with E-state index in [-0.39, 0.29) is 5.84 Å². The predicted molar refractivity (Wildman–Crippen MR) is 47.4 cm³/mol. The number of allylic oxidation sites excluding steroid dienone is 1. The minimum atomic E-state index is -0.404. The van der Waals surface area contributed by atoms with Gasteiger partial charge in [0.1, 0.15) is 0 Å². The van der Waals surface area contributed by atoms with Crippen molar-refractivity contribution in [1.29, 1.82) is 10.8 Å². The molecule has 0 aliphatic rings. The van der Waals surface area contributed by atoms with Gasteiger partial charge in [-0.2, -0.15) is 0 Å². The van der Waals surface area contributed by atoms with Crippen molar-refractivity contribution in [2.75, 3.05) is 7.11 Å². The van der Waals surface area contributed by atoms with Gasteiger partial charge >= 0.3 is 0 Å². The topological polar surface area (TPSA) is 121 Å². The van der Waals surface area contributed by atoms with E-state index in [4.69, 9.17) is 27.0 Å². The van der Waals surface area contributed by atoms with E-state index in [9.17, 15) is 0 Å². The lowest BCUT2D eigenvalue weighted by molar-refractivity contribution is 0.316. The molecule has 0 amide bonds. The lowest BCUT2D eigenvalue weighted by Crippen LogP contribution is -2.19. The van der Waals surface area contributed by atoms with E-state index >= 15 is 0 Å². The first kappa shape index (κ1) is 10.2. The van der Waals surface area contributed by atoms with E-state index in [0.29, 0.717) is 5.76 Å². The fraction of sp³-hybridized carbons (Fsp3) is 0.167. The molecular weight excluding hydrogens is 158 g/mol. The lowest BCUT2D eigenvalue weighted by atomic mass is 10.5. The van der Waals surface area contributed by atoms with Crippen molar-refractivity contribution in [3.63, 3.8) is 0 Å².